The van der Waals surface area contributed by atoms with Gasteiger partial charge >= 0.3 is 0 Å². The molecule has 2 N–H and O–H groups in total. The summed E-state index contributed by atoms with van der Waals surface area (Å²) in [5, 5.41) is 4.26. The van der Waals surface area contributed by atoms with E-state index in [9.17, 15) is 4.79 Å². The summed E-state index contributed by atoms with van der Waals surface area (Å²) in [6.07, 6.45) is 4.13. The Bertz CT molecular complexity index is 1070. The summed E-state index contributed by atoms with van der Waals surface area (Å²) in [7, 11) is 0. The summed E-state index contributed by atoms with van der Waals surface area (Å²) in [5.41, 5.74) is 4.46. The molecule has 0 atom stereocenters. The largest absolute Gasteiger partial charge is 0.356 e. The van der Waals surface area contributed by atoms with Crippen LogP contribution in [0.25, 0.3) is 21.9 Å². The monoisotopic (exact) mass is 374 g/mol. The molecule has 0 saturated heterocycles. The standard InChI is InChI=1S/C23H26N4O/c1-16(2)27-15-17(18-7-3-6-10-21(18)27)11-12-23(28)24-14-13-22-25-19-8-4-5-9-20(19)26-22/h3-10,15-16H,11-14H2,1-2H3,(H,24,28)(H,25,26). The van der Waals surface area contributed by atoms with Crippen molar-refractivity contribution in [2.24, 2.45) is 0 Å². The summed E-state index contributed by atoms with van der Waals surface area (Å²) >= 11 is 0. The first kappa shape index (κ1) is 18.3. The fourth-order valence-electron chi connectivity index (χ4n) is 3.68. The number of fused-ring (bicyclic) bond motifs is 2. The molecule has 0 aliphatic carbocycles. The average molecular weight is 374 g/mol. The lowest BCUT2D eigenvalue weighted by molar-refractivity contribution is -0.121. The van der Waals surface area contributed by atoms with Crippen LogP contribution in [0.4, 0.5) is 0 Å². The normalized spacial score (nSPS) is 11.5. The van der Waals surface area contributed by atoms with Gasteiger partial charge in [-0.1, -0.05) is 30.3 Å². The van der Waals surface area contributed by atoms with Gasteiger partial charge in [-0.2, -0.15) is 0 Å². The third kappa shape index (κ3) is 3.79. The van der Waals surface area contributed by atoms with Crippen LogP contribution in [-0.2, 0) is 17.6 Å². The Balaban J connectivity index is 1.33. The fraction of sp³-hybridized carbons (Fsp3) is 0.304. The van der Waals surface area contributed by atoms with Gasteiger partial charge in [0, 0.05) is 42.5 Å². The number of aromatic nitrogens is 3. The van der Waals surface area contributed by atoms with Crippen molar-refractivity contribution in [3.05, 3.63) is 66.1 Å². The van der Waals surface area contributed by atoms with Crippen LogP contribution >= 0.6 is 0 Å². The summed E-state index contributed by atoms with van der Waals surface area (Å²) in [6, 6.07) is 16.8. The topological polar surface area (TPSA) is 62.7 Å². The average Bonchev–Trinajstić information content (AvgIpc) is 3.27. The number of amides is 1. The number of para-hydroxylation sites is 3. The minimum atomic E-state index is 0.0810. The molecule has 5 nitrogen and oxygen atoms in total. The van der Waals surface area contributed by atoms with Crippen molar-refractivity contribution in [1.29, 1.82) is 0 Å². The second-order valence-corrected chi connectivity index (χ2v) is 7.47. The van der Waals surface area contributed by atoms with Crippen molar-refractivity contribution in [2.45, 2.75) is 39.2 Å². The molecule has 5 heteroatoms. The molecule has 0 aliphatic rings. The van der Waals surface area contributed by atoms with E-state index in [4.69, 9.17) is 0 Å². The van der Waals surface area contributed by atoms with E-state index < -0.39 is 0 Å². The van der Waals surface area contributed by atoms with Crippen molar-refractivity contribution in [2.75, 3.05) is 6.54 Å². The number of rotatable bonds is 7. The zero-order valence-corrected chi connectivity index (χ0v) is 16.4. The number of hydrogen-bond donors (Lipinski definition) is 2. The quantitative estimate of drug-likeness (QED) is 0.504. The first-order chi connectivity index (χ1) is 13.6. The van der Waals surface area contributed by atoms with Crippen molar-refractivity contribution in [1.82, 2.24) is 19.9 Å². The number of imidazole rings is 1. The SMILES string of the molecule is CC(C)n1cc(CCC(=O)NCCc2nc3ccccc3[nH]2)c2ccccc21. The van der Waals surface area contributed by atoms with Crippen LogP contribution < -0.4 is 5.32 Å². The molecule has 0 bridgehead atoms. The summed E-state index contributed by atoms with van der Waals surface area (Å²) in [6.45, 7) is 4.95. The molecular formula is C23H26N4O. The Labute approximate surface area is 164 Å². The Hall–Kier alpha value is -3.08. The molecule has 2 aromatic heterocycles. The van der Waals surface area contributed by atoms with Gasteiger partial charge in [-0.15, -0.1) is 0 Å². The van der Waals surface area contributed by atoms with Gasteiger partial charge in [0.25, 0.3) is 0 Å². The molecular weight excluding hydrogens is 348 g/mol. The summed E-state index contributed by atoms with van der Waals surface area (Å²) in [5.74, 6) is 0.985. The smallest absolute Gasteiger partial charge is 0.220 e. The Kier molecular flexibility index (Phi) is 5.15. The minimum absolute atomic E-state index is 0.0810. The Morgan fingerprint density at radius 1 is 1.11 bits per heavy atom. The number of hydrogen-bond acceptors (Lipinski definition) is 2. The zero-order chi connectivity index (χ0) is 19.5. The maximum atomic E-state index is 12.3. The lowest BCUT2D eigenvalue weighted by atomic mass is 10.1. The maximum absolute atomic E-state index is 12.3. The molecule has 0 radical (unpaired) electrons. The highest BCUT2D eigenvalue weighted by Crippen LogP contribution is 2.25. The van der Waals surface area contributed by atoms with E-state index >= 15 is 0 Å². The van der Waals surface area contributed by atoms with Gasteiger partial charge in [-0.25, -0.2) is 4.98 Å². The number of aryl methyl sites for hydroxylation is 1. The molecule has 1 amide bonds. The molecule has 28 heavy (non-hydrogen) atoms. The predicted octanol–water partition coefficient (Wildman–Crippen LogP) is 4.39. The third-order valence-electron chi connectivity index (χ3n) is 5.12. The second kappa shape index (κ2) is 7.89. The number of H-pyrrole nitrogens is 1. The number of aromatic amines is 1. The number of benzene rings is 2. The first-order valence-corrected chi connectivity index (χ1v) is 9.90. The van der Waals surface area contributed by atoms with Crippen LogP contribution in [0.2, 0.25) is 0 Å². The molecule has 0 aliphatic heterocycles. The predicted molar refractivity (Wildman–Crippen MR) is 113 cm³/mol. The van der Waals surface area contributed by atoms with Gasteiger partial charge in [0.2, 0.25) is 5.91 Å². The minimum Gasteiger partial charge on any atom is -0.356 e. The number of nitrogens with one attached hydrogen (secondary N) is 2. The summed E-state index contributed by atoms with van der Waals surface area (Å²) < 4.78 is 2.28. The lowest BCUT2D eigenvalue weighted by Crippen LogP contribution is -2.26. The van der Waals surface area contributed by atoms with Crippen LogP contribution in [0.3, 0.4) is 0 Å². The van der Waals surface area contributed by atoms with E-state index in [0.717, 1.165) is 23.3 Å². The van der Waals surface area contributed by atoms with Crippen LogP contribution in [0.15, 0.2) is 54.7 Å². The Morgan fingerprint density at radius 2 is 1.89 bits per heavy atom. The molecule has 2 aromatic carbocycles. The number of carbonyl (C=O) groups excluding carboxylic acids is 1. The van der Waals surface area contributed by atoms with Crippen LogP contribution in [0.1, 0.15) is 37.7 Å². The lowest BCUT2D eigenvalue weighted by Gasteiger charge is -2.08. The fourth-order valence-corrected chi connectivity index (χ4v) is 3.68. The molecule has 0 fully saturated rings. The van der Waals surface area contributed by atoms with Crippen molar-refractivity contribution < 1.29 is 4.79 Å². The van der Waals surface area contributed by atoms with Crippen LogP contribution in [0, 0.1) is 0 Å². The molecule has 2 heterocycles. The Morgan fingerprint density at radius 3 is 2.71 bits per heavy atom. The van der Waals surface area contributed by atoms with Crippen LogP contribution in [-0.4, -0.2) is 27.0 Å². The van der Waals surface area contributed by atoms with E-state index in [1.807, 2.05) is 24.3 Å². The maximum Gasteiger partial charge on any atom is 0.220 e. The van der Waals surface area contributed by atoms with E-state index in [1.54, 1.807) is 0 Å². The highest BCUT2D eigenvalue weighted by atomic mass is 16.1. The molecule has 0 spiro atoms. The molecule has 144 valence electrons. The van der Waals surface area contributed by atoms with E-state index in [0.29, 0.717) is 25.4 Å². The van der Waals surface area contributed by atoms with E-state index in [2.05, 4.69) is 64.2 Å². The highest BCUT2D eigenvalue weighted by Gasteiger charge is 2.11. The highest BCUT2D eigenvalue weighted by molar-refractivity contribution is 5.85. The van der Waals surface area contributed by atoms with Crippen molar-refractivity contribution in [3.63, 3.8) is 0 Å². The second-order valence-electron chi connectivity index (χ2n) is 7.47. The van der Waals surface area contributed by atoms with Crippen molar-refractivity contribution >= 4 is 27.8 Å². The van der Waals surface area contributed by atoms with Gasteiger partial charge in [0.1, 0.15) is 5.82 Å². The van der Waals surface area contributed by atoms with Gasteiger partial charge < -0.3 is 14.9 Å². The van der Waals surface area contributed by atoms with Crippen molar-refractivity contribution in [3.8, 4) is 0 Å². The third-order valence-corrected chi connectivity index (χ3v) is 5.12. The van der Waals surface area contributed by atoms with Gasteiger partial charge in [-0.3, -0.25) is 4.79 Å². The molecule has 0 unspecified atom stereocenters. The number of carbonyl (C=O) groups is 1. The summed E-state index contributed by atoms with van der Waals surface area (Å²) in [4.78, 5) is 20.1. The van der Waals surface area contributed by atoms with E-state index in [1.165, 1.54) is 16.5 Å². The van der Waals surface area contributed by atoms with Gasteiger partial charge in [0.15, 0.2) is 0 Å². The van der Waals surface area contributed by atoms with Gasteiger partial charge in [-0.05, 0) is 44.0 Å². The zero-order valence-electron chi connectivity index (χ0n) is 16.4. The molecule has 0 saturated carbocycles. The molecule has 4 aromatic rings. The number of nitrogens with zero attached hydrogens (tertiary/aromatic N) is 2. The molecule has 4 rings (SSSR count). The van der Waals surface area contributed by atoms with Gasteiger partial charge in [0.05, 0.1) is 11.0 Å². The van der Waals surface area contributed by atoms with E-state index in [-0.39, 0.29) is 5.91 Å². The first-order valence-electron chi connectivity index (χ1n) is 9.90. The van der Waals surface area contributed by atoms with Crippen LogP contribution in [0.5, 0.6) is 0 Å².